The van der Waals surface area contributed by atoms with Crippen LogP contribution in [0.1, 0.15) is 10.1 Å². The molecule has 1 amide bonds. The van der Waals surface area contributed by atoms with Gasteiger partial charge in [0.05, 0.1) is 4.58 Å². The predicted molar refractivity (Wildman–Crippen MR) is 115 cm³/mol. The van der Waals surface area contributed by atoms with Crippen molar-refractivity contribution in [1.29, 1.82) is 0 Å². The van der Waals surface area contributed by atoms with Gasteiger partial charge in [0.15, 0.2) is 6.61 Å². The number of rotatable bonds is 5. The fourth-order valence-corrected chi connectivity index (χ4v) is 6.23. The second-order valence-corrected chi connectivity index (χ2v) is 9.50. The maximum atomic E-state index is 13.1. The van der Waals surface area contributed by atoms with Crippen LogP contribution in [0.2, 0.25) is 0 Å². The Morgan fingerprint density at radius 2 is 1.61 bits per heavy atom. The van der Waals surface area contributed by atoms with E-state index in [-0.39, 0.29) is 18.3 Å². The molecule has 0 unspecified atom stereocenters. The Balaban J connectivity index is 1.24. The lowest BCUT2D eigenvalue weighted by Gasteiger charge is -2.36. The van der Waals surface area contributed by atoms with Crippen LogP contribution in [0.4, 0.5) is 10.1 Å². The summed E-state index contributed by atoms with van der Waals surface area (Å²) in [5.74, 6) is 2.91. The zero-order chi connectivity index (χ0) is 19.3. The number of piperazine rings is 1. The van der Waals surface area contributed by atoms with Gasteiger partial charge in [-0.1, -0.05) is 12.1 Å². The standard InChI is InChI=1S/C21H23FN2O2S2/c22-17-3-5-18(6-4-17)23-9-11-24(12-10-23)20(25)15-26-19-7-1-16(2-8-19)21-27-13-14-28-21/h1-8,21H,9-15H2. The van der Waals surface area contributed by atoms with Gasteiger partial charge in [-0.05, 0) is 42.0 Å². The van der Waals surface area contributed by atoms with Crippen LogP contribution in [0, 0.1) is 5.82 Å². The van der Waals surface area contributed by atoms with Crippen LogP contribution < -0.4 is 9.64 Å². The summed E-state index contributed by atoms with van der Waals surface area (Å²) >= 11 is 3.95. The molecule has 0 radical (unpaired) electrons. The van der Waals surface area contributed by atoms with Crippen molar-refractivity contribution in [1.82, 2.24) is 4.90 Å². The number of benzene rings is 2. The van der Waals surface area contributed by atoms with Gasteiger partial charge in [0.2, 0.25) is 0 Å². The molecule has 2 aromatic rings. The predicted octanol–water partition coefficient (Wildman–Crippen LogP) is 4.03. The van der Waals surface area contributed by atoms with Crippen LogP contribution in [0.3, 0.4) is 0 Å². The molecular weight excluding hydrogens is 395 g/mol. The first-order valence-corrected chi connectivity index (χ1v) is 11.5. The number of halogens is 1. The second kappa shape index (κ2) is 9.09. The van der Waals surface area contributed by atoms with Gasteiger partial charge in [0.1, 0.15) is 11.6 Å². The number of thioether (sulfide) groups is 2. The first kappa shape index (κ1) is 19.5. The molecule has 7 heteroatoms. The number of hydrogen-bond acceptors (Lipinski definition) is 5. The lowest BCUT2D eigenvalue weighted by Crippen LogP contribution is -2.50. The van der Waals surface area contributed by atoms with E-state index < -0.39 is 0 Å². The lowest BCUT2D eigenvalue weighted by atomic mass is 10.2. The van der Waals surface area contributed by atoms with E-state index in [0.717, 1.165) is 24.5 Å². The monoisotopic (exact) mass is 418 g/mol. The Bertz CT molecular complexity index is 787. The molecule has 148 valence electrons. The van der Waals surface area contributed by atoms with Crippen molar-refractivity contribution in [3.63, 3.8) is 0 Å². The molecule has 0 aliphatic carbocycles. The normalized spacial score (nSPS) is 17.8. The van der Waals surface area contributed by atoms with Crippen molar-refractivity contribution in [2.45, 2.75) is 4.58 Å². The fourth-order valence-electron chi connectivity index (χ4n) is 3.37. The van der Waals surface area contributed by atoms with Crippen molar-refractivity contribution in [3.8, 4) is 5.75 Å². The van der Waals surface area contributed by atoms with Crippen LogP contribution in [-0.2, 0) is 4.79 Å². The number of carbonyl (C=O) groups excluding carboxylic acids is 1. The maximum absolute atomic E-state index is 13.1. The maximum Gasteiger partial charge on any atom is 0.260 e. The highest BCUT2D eigenvalue weighted by molar-refractivity contribution is 8.19. The van der Waals surface area contributed by atoms with Gasteiger partial charge in [-0.25, -0.2) is 4.39 Å². The van der Waals surface area contributed by atoms with Crippen molar-refractivity contribution in [2.24, 2.45) is 0 Å². The van der Waals surface area contributed by atoms with Crippen LogP contribution in [-0.4, -0.2) is 55.1 Å². The Morgan fingerprint density at radius 1 is 0.964 bits per heavy atom. The molecule has 4 rings (SSSR count). The van der Waals surface area contributed by atoms with E-state index in [9.17, 15) is 9.18 Å². The summed E-state index contributed by atoms with van der Waals surface area (Å²) in [6.07, 6.45) is 0. The Labute approximate surface area is 173 Å². The molecule has 0 atom stereocenters. The van der Waals surface area contributed by atoms with Gasteiger partial charge < -0.3 is 14.5 Å². The highest BCUT2D eigenvalue weighted by Crippen LogP contribution is 2.45. The number of carbonyl (C=O) groups is 1. The van der Waals surface area contributed by atoms with Crippen LogP contribution in [0.15, 0.2) is 48.5 Å². The molecule has 0 saturated carbocycles. The van der Waals surface area contributed by atoms with Crippen LogP contribution in [0.25, 0.3) is 0 Å². The van der Waals surface area contributed by atoms with Crippen molar-refractivity contribution < 1.29 is 13.9 Å². The lowest BCUT2D eigenvalue weighted by molar-refractivity contribution is -0.133. The molecule has 4 nitrogen and oxygen atoms in total. The van der Waals surface area contributed by atoms with Gasteiger partial charge in [-0.3, -0.25) is 4.79 Å². The minimum Gasteiger partial charge on any atom is -0.484 e. The Hall–Kier alpha value is -1.86. The number of nitrogens with zero attached hydrogens (tertiary/aromatic N) is 2. The number of hydrogen-bond donors (Lipinski definition) is 0. The van der Waals surface area contributed by atoms with Gasteiger partial charge in [-0.15, -0.1) is 23.5 Å². The van der Waals surface area contributed by atoms with E-state index in [4.69, 9.17) is 4.74 Å². The van der Waals surface area contributed by atoms with Crippen molar-refractivity contribution in [2.75, 3.05) is 49.2 Å². The second-order valence-electron chi connectivity index (χ2n) is 6.78. The topological polar surface area (TPSA) is 32.8 Å². The molecule has 0 N–H and O–H groups in total. The molecule has 2 saturated heterocycles. The highest BCUT2D eigenvalue weighted by atomic mass is 32.2. The first-order chi connectivity index (χ1) is 13.7. The number of anilines is 1. The molecule has 0 bridgehead atoms. The SMILES string of the molecule is O=C(COc1ccc(C2SCCS2)cc1)N1CCN(c2ccc(F)cc2)CC1. The summed E-state index contributed by atoms with van der Waals surface area (Å²) in [5, 5.41) is 0. The van der Waals surface area contributed by atoms with E-state index in [1.807, 2.05) is 40.6 Å². The minimum atomic E-state index is -0.233. The zero-order valence-corrected chi connectivity index (χ0v) is 17.2. The largest absolute Gasteiger partial charge is 0.484 e. The van der Waals surface area contributed by atoms with Crippen LogP contribution >= 0.6 is 23.5 Å². The van der Waals surface area contributed by atoms with E-state index in [2.05, 4.69) is 17.0 Å². The Morgan fingerprint density at radius 3 is 2.25 bits per heavy atom. The van der Waals surface area contributed by atoms with Crippen LogP contribution in [0.5, 0.6) is 5.75 Å². The fraction of sp³-hybridized carbons (Fsp3) is 0.381. The number of amides is 1. The number of ether oxygens (including phenoxy) is 1. The molecule has 2 aliphatic rings. The van der Waals surface area contributed by atoms with E-state index in [1.54, 1.807) is 12.1 Å². The van der Waals surface area contributed by atoms with E-state index in [1.165, 1.54) is 29.2 Å². The van der Waals surface area contributed by atoms with Gasteiger partial charge in [0.25, 0.3) is 5.91 Å². The van der Waals surface area contributed by atoms with Crippen molar-refractivity contribution >= 4 is 35.1 Å². The average Bonchev–Trinajstić information content (AvgIpc) is 3.28. The third-order valence-electron chi connectivity index (χ3n) is 4.96. The summed E-state index contributed by atoms with van der Waals surface area (Å²) in [7, 11) is 0. The molecule has 0 aromatic heterocycles. The zero-order valence-electron chi connectivity index (χ0n) is 15.6. The summed E-state index contributed by atoms with van der Waals surface area (Å²) in [6.45, 7) is 2.83. The minimum absolute atomic E-state index is 0.00439. The molecule has 2 aliphatic heterocycles. The first-order valence-electron chi connectivity index (χ1n) is 9.43. The quantitative estimate of drug-likeness (QED) is 0.732. The molecular formula is C21H23FN2O2S2. The molecule has 28 heavy (non-hydrogen) atoms. The summed E-state index contributed by atoms with van der Waals surface area (Å²) in [4.78, 5) is 16.5. The van der Waals surface area contributed by atoms with Gasteiger partial charge in [-0.2, -0.15) is 0 Å². The molecule has 2 fully saturated rings. The average molecular weight is 419 g/mol. The highest BCUT2D eigenvalue weighted by Gasteiger charge is 2.22. The third-order valence-corrected chi connectivity index (χ3v) is 8.06. The molecule has 2 aromatic carbocycles. The van der Waals surface area contributed by atoms with Gasteiger partial charge in [0, 0.05) is 43.4 Å². The van der Waals surface area contributed by atoms with Crippen molar-refractivity contribution in [3.05, 3.63) is 59.9 Å². The van der Waals surface area contributed by atoms with Gasteiger partial charge >= 0.3 is 0 Å². The Kier molecular flexibility index (Phi) is 6.32. The third kappa shape index (κ3) is 4.75. The van der Waals surface area contributed by atoms with E-state index in [0.29, 0.717) is 17.7 Å². The smallest absolute Gasteiger partial charge is 0.260 e. The summed E-state index contributed by atoms with van der Waals surface area (Å²) < 4.78 is 19.3. The summed E-state index contributed by atoms with van der Waals surface area (Å²) in [6, 6.07) is 14.6. The molecule has 2 heterocycles. The molecule has 0 spiro atoms. The summed E-state index contributed by atoms with van der Waals surface area (Å²) in [5.41, 5.74) is 2.30. The van der Waals surface area contributed by atoms with E-state index >= 15 is 0 Å².